The summed E-state index contributed by atoms with van der Waals surface area (Å²) in [6.07, 6.45) is 2.41. The number of sulfonamides is 1. The van der Waals surface area contributed by atoms with E-state index < -0.39 is 22.5 Å². The van der Waals surface area contributed by atoms with Crippen molar-refractivity contribution >= 4 is 50.5 Å². The van der Waals surface area contributed by atoms with Crippen LogP contribution in [0.2, 0.25) is 10.0 Å². The summed E-state index contributed by atoms with van der Waals surface area (Å²) < 4.78 is 27.8. The highest BCUT2D eigenvalue weighted by atomic mass is 35.5. The molecule has 0 atom stereocenters. The minimum Gasteiger partial charge on any atom is -0.372 e. The highest BCUT2D eigenvalue weighted by Gasteiger charge is 2.27. The molecule has 0 bridgehead atoms. The van der Waals surface area contributed by atoms with Crippen LogP contribution in [0.25, 0.3) is 0 Å². The Morgan fingerprint density at radius 3 is 2.24 bits per heavy atom. The molecule has 3 aromatic carbocycles. The zero-order valence-corrected chi connectivity index (χ0v) is 20.8. The lowest BCUT2D eigenvalue weighted by atomic mass is 10.2. The first-order valence-electron chi connectivity index (χ1n) is 11.0. The minimum absolute atomic E-state index is 0.0753. The largest absolute Gasteiger partial charge is 0.372 e. The van der Waals surface area contributed by atoms with Crippen molar-refractivity contribution in [2.45, 2.75) is 24.3 Å². The Balaban J connectivity index is 1.49. The summed E-state index contributed by atoms with van der Waals surface area (Å²) in [6, 6.07) is 20.5. The molecular formula is C25H25Cl2N3O3S. The molecule has 34 heavy (non-hydrogen) atoms. The molecular weight excluding hydrogens is 493 g/mol. The average molecular weight is 518 g/mol. The number of halogens is 2. The molecule has 0 aromatic heterocycles. The van der Waals surface area contributed by atoms with E-state index in [4.69, 9.17) is 23.2 Å². The molecule has 1 aliphatic rings. The van der Waals surface area contributed by atoms with Crippen LogP contribution >= 0.6 is 23.2 Å². The van der Waals surface area contributed by atoms with Crippen LogP contribution in [0.4, 0.5) is 11.4 Å². The van der Waals surface area contributed by atoms with E-state index in [2.05, 4.69) is 22.3 Å². The predicted molar refractivity (Wildman–Crippen MR) is 137 cm³/mol. The lowest BCUT2D eigenvalue weighted by Crippen LogP contribution is -2.40. The molecule has 4 rings (SSSR count). The van der Waals surface area contributed by atoms with Crippen LogP contribution in [0.5, 0.6) is 0 Å². The molecule has 1 N–H and O–H groups in total. The summed E-state index contributed by atoms with van der Waals surface area (Å²) in [7, 11) is -4.01. The van der Waals surface area contributed by atoms with Gasteiger partial charge in [-0.15, -0.1) is 0 Å². The van der Waals surface area contributed by atoms with Gasteiger partial charge in [0.05, 0.1) is 20.6 Å². The Labute approximate surface area is 210 Å². The summed E-state index contributed by atoms with van der Waals surface area (Å²) in [4.78, 5) is 15.2. The molecule has 1 fully saturated rings. The first kappa shape index (κ1) is 24.4. The Kier molecular flexibility index (Phi) is 7.66. The van der Waals surface area contributed by atoms with Crippen LogP contribution in [0, 0.1) is 0 Å². The van der Waals surface area contributed by atoms with Crippen LogP contribution in [0.1, 0.15) is 18.4 Å². The third-order valence-corrected chi connectivity index (χ3v) is 8.23. The monoisotopic (exact) mass is 517 g/mol. The standard InChI is InChI=1S/C25H25Cl2N3O3S/c26-23-13-12-21(16-24(23)27)30(34(32,33)22-6-2-1-3-7-22)18-25(31)28-17-19-8-10-20(11-9-19)29-14-4-5-15-29/h1-3,6-13,16H,4-5,14-15,17-18H2,(H,28,31). The lowest BCUT2D eigenvalue weighted by molar-refractivity contribution is -0.119. The fourth-order valence-electron chi connectivity index (χ4n) is 3.86. The Morgan fingerprint density at radius 1 is 0.912 bits per heavy atom. The van der Waals surface area contributed by atoms with E-state index in [1.54, 1.807) is 18.2 Å². The number of amides is 1. The zero-order chi connectivity index (χ0) is 24.1. The molecule has 9 heteroatoms. The number of rotatable bonds is 8. The van der Waals surface area contributed by atoms with Gasteiger partial charge in [0.25, 0.3) is 10.0 Å². The van der Waals surface area contributed by atoms with E-state index in [1.165, 1.54) is 48.9 Å². The Bertz CT molecular complexity index is 1250. The Morgan fingerprint density at radius 2 is 1.59 bits per heavy atom. The molecule has 6 nitrogen and oxygen atoms in total. The third-order valence-electron chi connectivity index (χ3n) is 5.71. The SMILES string of the molecule is O=C(CN(c1ccc(Cl)c(Cl)c1)S(=O)(=O)c1ccccc1)NCc1ccc(N2CCCC2)cc1. The van der Waals surface area contributed by atoms with E-state index in [9.17, 15) is 13.2 Å². The summed E-state index contributed by atoms with van der Waals surface area (Å²) in [5.74, 6) is -0.436. The molecule has 0 radical (unpaired) electrons. The van der Waals surface area contributed by atoms with Gasteiger partial charge in [-0.3, -0.25) is 9.10 Å². The fraction of sp³-hybridized carbons (Fsp3) is 0.240. The minimum atomic E-state index is -4.01. The lowest BCUT2D eigenvalue weighted by Gasteiger charge is -2.24. The summed E-state index contributed by atoms with van der Waals surface area (Å²) >= 11 is 12.1. The average Bonchev–Trinajstić information content (AvgIpc) is 3.39. The van der Waals surface area contributed by atoms with E-state index in [0.717, 1.165) is 23.0 Å². The number of nitrogens with zero attached hydrogens (tertiary/aromatic N) is 2. The molecule has 3 aromatic rings. The van der Waals surface area contributed by atoms with Crippen molar-refractivity contribution in [1.82, 2.24) is 5.32 Å². The second-order valence-electron chi connectivity index (χ2n) is 8.06. The molecule has 178 valence electrons. The van der Waals surface area contributed by atoms with Crippen LogP contribution in [0.3, 0.4) is 0 Å². The first-order valence-corrected chi connectivity index (χ1v) is 13.2. The van der Waals surface area contributed by atoms with E-state index >= 15 is 0 Å². The maximum absolute atomic E-state index is 13.4. The quantitative estimate of drug-likeness (QED) is 0.450. The molecule has 0 saturated carbocycles. The van der Waals surface area contributed by atoms with Crippen LogP contribution < -0.4 is 14.5 Å². The number of hydrogen-bond donors (Lipinski definition) is 1. The number of benzene rings is 3. The smallest absolute Gasteiger partial charge is 0.264 e. The first-order chi connectivity index (χ1) is 16.3. The molecule has 1 heterocycles. The van der Waals surface area contributed by atoms with Crippen molar-refractivity contribution < 1.29 is 13.2 Å². The van der Waals surface area contributed by atoms with Gasteiger partial charge < -0.3 is 10.2 Å². The maximum Gasteiger partial charge on any atom is 0.264 e. The normalized spacial score (nSPS) is 13.6. The highest BCUT2D eigenvalue weighted by molar-refractivity contribution is 7.92. The number of anilines is 2. The second kappa shape index (κ2) is 10.7. The van der Waals surface area contributed by atoms with E-state index in [0.29, 0.717) is 11.6 Å². The summed E-state index contributed by atoms with van der Waals surface area (Å²) in [6.45, 7) is 2.02. The van der Waals surface area contributed by atoms with Gasteiger partial charge in [0.2, 0.25) is 5.91 Å². The summed E-state index contributed by atoms with van der Waals surface area (Å²) in [5.41, 5.74) is 2.36. The highest BCUT2D eigenvalue weighted by Crippen LogP contribution is 2.30. The Hall–Kier alpha value is -2.74. The summed E-state index contributed by atoms with van der Waals surface area (Å²) in [5, 5.41) is 3.32. The van der Waals surface area contributed by atoms with Crippen LogP contribution in [0.15, 0.2) is 77.7 Å². The van der Waals surface area contributed by atoms with Gasteiger partial charge in [-0.05, 0) is 60.9 Å². The van der Waals surface area contributed by atoms with Gasteiger partial charge in [0.15, 0.2) is 0 Å². The molecule has 1 saturated heterocycles. The van der Waals surface area contributed by atoms with Gasteiger partial charge in [-0.2, -0.15) is 0 Å². The van der Waals surface area contributed by atoms with Crippen LogP contribution in [-0.2, 0) is 21.4 Å². The van der Waals surface area contributed by atoms with Gasteiger partial charge in [0, 0.05) is 25.3 Å². The van der Waals surface area contributed by atoms with Gasteiger partial charge in [-0.25, -0.2) is 8.42 Å². The molecule has 0 unspecified atom stereocenters. The van der Waals surface area contributed by atoms with Crippen molar-refractivity contribution in [2.75, 3.05) is 28.8 Å². The molecule has 0 aliphatic carbocycles. The van der Waals surface area contributed by atoms with Crippen molar-refractivity contribution in [3.8, 4) is 0 Å². The van der Waals surface area contributed by atoms with E-state index in [-0.39, 0.29) is 15.6 Å². The number of carbonyl (C=O) groups is 1. The molecule has 0 spiro atoms. The van der Waals surface area contributed by atoms with Crippen molar-refractivity contribution in [3.05, 3.63) is 88.4 Å². The van der Waals surface area contributed by atoms with Crippen molar-refractivity contribution in [3.63, 3.8) is 0 Å². The fourth-order valence-corrected chi connectivity index (χ4v) is 5.59. The van der Waals surface area contributed by atoms with Gasteiger partial charge in [0.1, 0.15) is 6.54 Å². The zero-order valence-electron chi connectivity index (χ0n) is 18.5. The third kappa shape index (κ3) is 5.66. The predicted octanol–water partition coefficient (Wildman–Crippen LogP) is 5.11. The number of nitrogens with one attached hydrogen (secondary N) is 1. The maximum atomic E-state index is 13.4. The van der Waals surface area contributed by atoms with Gasteiger partial charge in [-0.1, -0.05) is 53.5 Å². The number of hydrogen-bond acceptors (Lipinski definition) is 4. The van der Waals surface area contributed by atoms with Crippen LogP contribution in [-0.4, -0.2) is 34.0 Å². The van der Waals surface area contributed by atoms with Crippen molar-refractivity contribution in [2.24, 2.45) is 0 Å². The number of carbonyl (C=O) groups excluding carboxylic acids is 1. The molecule has 1 aliphatic heterocycles. The van der Waals surface area contributed by atoms with Crippen molar-refractivity contribution in [1.29, 1.82) is 0 Å². The van der Waals surface area contributed by atoms with Gasteiger partial charge >= 0.3 is 0 Å². The van der Waals surface area contributed by atoms with E-state index in [1.807, 2.05) is 12.1 Å². The second-order valence-corrected chi connectivity index (χ2v) is 10.7. The molecule has 1 amide bonds. The topological polar surface area (TPSA) is 69.7 Å².